The Balaban J connectivity index is 1.53. The number of benzene rings is 2. The number of fused-ring (bicyclic) bond motifs is 1. The molecule has 0 spiro atoms. The van der Waals surface area contributed by atoms with Crippen LogP contribution in [0.3, 0.4) is 0 Å². The Kier molecular flexibility index (Phi) is 6.87. The summed E-state index contributed by atoms with van der Waals surface area (Å²) < 4.78 is 39.3. The van der Waals surface area contributed by atoms with E-state index in [1.807, 2.05) is 13.0 Å². The molecule has 0 bridgehead atoms. The van der Waals surface area contributed by atoms with E-state index in [0.717, 1.165) is 30.4 Å². The van der Waals surface area contributed by atoms with Crippen LogP contribution in [0.5, 0.6) is 11.5 Å². The number of nitrogens with zero attached hydrogens (tertiary/aromatic N) is 2. The second kappa shape index (κ2) is 9.66. The first-order valence-electron chi connectivity index (χ1n) is 10.8. The molecular formula is C23H27N3O5S2. The Morgan fingerprint density at radius 1 is 1.18 bits per heavy atom. The van der Waals surface area contributed by atoms with E-state index in [1.54, 1.807) is 24.6 Å². The molecule has 10 heteroatoms. The molecule has 2 aromatic carbocycles. The maximum absolute atomic E-state index is 13.1. The largest absolute Gasteiger partial charge is 0.497 e. The lowest BCUT2D eigenvalue weighted by molar-refractivity contribution is 0.102. The van der Waals surface area contributed by atoms with Crippen molar-refractivity contribution in [1.29, 1.82) is 0 Å². The van der Waals surface area contributed by atoms with Gasteiger partial charge in [-0.25, -0.2) is 13.4 Å². The van der Waals surface area contributed by atoms with Crippen LogP contribution in [-0.2, 0) is 10.0 Å². The molecule has 1 aliphatic rings. The Morgan fingerprint density at radius 3 is 2.61 bits per heavy atom. The summed E-state index contributed by atoms with van der Waals surface area (Å²) in [4.78, 5) is 17.4. The predicted octanol–water partition coefficient (Wildman–Crippen LogP) is 4.52. The molecule has 4 rings (SSSR count). The first-order chi connectivity index (χ1) is 15.9. The average molecular weight is 490 g/mol. The number of hydrogen-bond donors (Lipinski definition) is 1. The van der Waals surface area contributed by atoms with Gasteiger partial charge in [-0.05, 0) is 49.6 Å². The van der Waals surface area contributed by atoms with Gasteiger partial charge in [-0.3, -0.25) is 10.1 Å². The van der Waals surface area contributed by atoms with E-state index in [-0.39, 0.29) is 16.8 Å². The van der Waals surface area contributed by atoms with Crippen molar-refractivity contribution in [3.63, 3.8) is 0 Å². The standard InChI is InChI=1S/C23H27N3O5S2/c1-4-16-7-5-6-12-26(16)33(28,29)18-10-8-15(9-11-18)22(27)25-23-24-21-19(31-3)13-17(30-2)14-20(21)32-23/h8-11,13-14,16H,4-7,12H2,1-3H3,(H,24,25,27). The van der Waals surface area contributed by atoms with Gasteiger partial charge in [0.25, 0.3) is 5.91 Å². The molecule has 1 atom stereocenters. The zero-order valence-corrected chi connectivity index (χ0v) is 20.5. The van der Waals surface area contributed by atoms with Gasteiger partial charge in [0.05, 0.1) is 23.8 Å². The number of carbonyl (C=O) groups is 1. The molecule has 3 aromatic rings. The minimum absolute atomic E-state index is 0.0291. The molecule has 33 heavy (non-hydrogen) atoms. The highest BCUT2D eigenvalue weighted by molar-refractivity contribution is 7.89. The molecule has 2 heterocycles. The molecule has 1 amide bonds. The van der Waals surface area contributed by atoms with Crippen LogP contribution in [0.4, 0.5) is 5.13 Å². The Labute approximate surface area is 197 Å². The van der Waals surface area contributed by atoms with Crippen LogP contribution < -0.4 is 14.8 Å². The topological polar surface area (TPSA) is 97.8 Å². The summed E-state index contributed by atoms with van der Waals surface area (Å²) >= 11 is 1.30. The highest BCUT2D eigenvalue weighted by Gasteiger charge is 2.32. The van der Waals surface area contributed by atoms with Gasteiger partial charge < -0.3 is 9.47 Å². The fourth-order valence-electron chi connectivity index (χ4n) is 4.08. The van der Waals surface area contributed by atoms with Crippen LogP contribution in [0, 0.1) is 0 Å². The molecule has 1 saturated heterocycles. The van der Waals surface area contributed by atoms with Crippen molar-refractivity contribution in [1.82, 2.24) is 9.29 Å². The zero-order chi connectivity index (χ0) is 23.6. The molecule has 1 aliphatic heterocycles. The number of amides is 1. The number of methoxy groups -OCH3 is 2. The molecule has 8 nitrogen and oxygen atoms in total. The second-order valence-electron chi connectivity index (χ2n) is 7.85. The van der Waals surface area contributed by atoms with E-state index in [9.17, 15) is 13.2 Å². The maximum Gasteiger partial charge on any atom is 0.257 e. The molecular weight excluding hydrogens is 462 g/mol. The third kappa shape index (κ3) is 4.68. The smallest absolute Gasteiger partial charge is 0.257 e. The quantitative estimate of drug-likeness (QED) is 0.524. The summed E-state index contributed by atoms with van der Waals surface area (Å²) in [5, 5.41) is 3.20. The lowest BCUT2D eigenvalue weighted by Gasteiger charge is -2.34. The Hall–Kier alpha value is -2.69. The summed E-state index contributed by atoms with van der Waals surface area (Å²) in [6, 6.07) is 9.65. The number of piperidine rings is 1. The van der Waals surface area contributed by atoms with Gasteiger partial charge in [-0.2, -0.15) is 4.31 Å². The molecule has 0 aliphatic carbocycles. The highest BCUT2D eigenvalue weighted by atomic mass is 32.2. The summed E-state index contributed by atoms with van der Waals surface area (Å²) in [5.41, 5.74) is 0.982. The van der Waals surface area contributed by atoms with Gasteiger partial charge in [0.2, 0.25) is 10.0 Å². The van der Waals surface area contributed by atoms with Crippen LogP contribution in [0.15, 0.2) is 41.3 Å². The van der Waals surface area contributed by atoms with Crippen LogP contribution >= 0.6 is 11.3 Å². The number of hydrogen-bond acceptors (Lipinski definition) is 7. The molecule has 176 valence electrons. The van der Waals surface area contributed by atoms with E-state index in [2.05, 4.69) is 10.3 Å². The van der Waals surface area contributed by atoms with Crippen LogP contribution in [-0.4, -0.2) is 50.4 Å². The summed E-state index contributed by atoms with van der Waals surface area (Å²) in [6.45, 7) is 2.55. The predicted molar refractivity (Wildman–Crippen MR) is 129 cm³/mol. The monoisotopic (exact) mass is 489 g/mol. The van der Waals surface area contributed by atoms with Crippen molar-refractivity contribution in [2.45, 2.75) is 43.5 Å². The molecule has 1 aromatic heterocycles. The van der Waals surface area contributed by atoms with Crippen LogP contribution in [0.25, 0.3) is 10.2 Å². The number of thiazole rings is 1. The van der Waals surface area contributed by atoms with Crippen molar-refractivity contribution < 1.29 is 22.7 Å². The number of anilines is 1. The summed E-state index contributed by atoms with van der Waals surface area (Å²) in [6.07, 6.45) is 3.59. The second-order valence-corrected chi connectivity index (χ2v) is 10.8. The minimum atomic E-state index is -3.59. The van der Waals surface area contributed by atoms with Gasteiger partial charge in [0.15, 0.2) is 5.13 Å². The van der Waals surface area contributed by atoms with Gasteiger partial charge in [-0.15, -0.1) is 0 Å². The van der Waals surface area contributed by atoms with Crippen molar-refractivity contribution in [3.8, 4) is 11.5 Å². The van der Waals surface area contributed by atoms with Gasteiger partial charge in [0, 0.05) is 24.2 Å². The van der Waals surface area contributed by atoms with Crippen LogP contribution in [0.2, 0.25) is 0 Å². The molecule has 0 radical (unpaired) electrons. The van der Waals surface area contributed by atoms with E-state index in [4.69, 9.17) is 9.47 Å². The van der Waals surface area contributed by atoms with Gasteiger partial charge in [0.1, 0.15) is 17.0 Å². The van der Waals surface area contributed by atoms with Crippen LogP contribution in [0.1, 0.15) is 43.0 Å². The normalized spacial score (nSPS) is 17.1. The SMILES string of the molecule is CCC1CCCCN1S(=O)(=O)c1ccc(C(=O)Nc2nc3c(OC)cc(OC)cc3s2)cc1. The fourth-order valence-corrected chi connectivity index (χ4v) is 6.76. The number of carbonyl (C=O) groups excluding carboxylic acids is 1. The van der Waals surface area contributed by atoms with Crippen molar-refractivity contribution in [2.75, 3.05) is 26.1 Å². The number of ether oxygens (including phenoxy) is 2. The summed E-state index contributed by atoms with van der Waals surface area (Å²) in [5.74, 6) is 0.823. The summed E-state index contributed by atoms with van der Waals surface area (Å²) in [7, 11) is -0.470. The van der Waals surface area contributed by atoms with E-state index in [1.165, 1.54) is 35.6 Å². The molecule has 1 N–H and O–H groups in total. The molecule has 0 saturated carbocycles. The van der Waals surface area contributed by atoms with E-state index < -0.39 is 10.0 Å². The number of sulfonamides is 1. The average Bonchev–Trinajstić information content (AvgIpc) is 3.25. The first kappa shape index (κ1) is 23.5. The number of rotatable bonds is 7. The van der Waals surface area contributed by atoms with E-state index >= 15 is 0 Å². The van der Waals surface area contributed by atoms with Crippen molar-refractivity contribution >= 4 is 42.6 Å². The van der Waals surface area contributed by atoms with Crippen molar-refractivity contribution in [2.24, 2.45) is 0 Å². The lowest BCUT2D eigenvalue weighted by Crippen LogP contribution is -2.43. The maximum atomic E-state index is 13.1. The van der Waals surface area contributed by atoms with Gasteiger partial charge >= 0.3 is 0 Å². The number of nitrogens with one attached hydrogen (secondary N) is 1. The Bertz CT molecular complexity index is 1260. The van der Waals surface area contributed by atoms with E-state index in [0.29, 0.717) is 34.3 Å². The Morgan fingerprint density at radius 2 is 1.94 bits per heavy atom. The molecule has 1 unspecified atom stereocenters. The fraction of sp³-hybridized carbons (Fsp3) is 0.391. The van der Waals surface area contributed by atoms with Gasteiger partial charge in [-0.1, -0.05) is 24.7 Å². The lowest BCUT2D eigenvalue weighted by atomic mass is 10.0. The zero-order valence-electron chi connectivity index (χ0n) is 18.8. The number of aromatic nitrogens is 1. The highest BCUT2D eigenvalue weighted by Crippen LogP contribution is 2.36. The molecule has 1 fully saturated rings. The minimum Gasteiger partial charge on any atom is -0.497 e. The third-order valence-corrected chi connectivity index (χ3v) is 8.76. The third-order valence-electron chi connectivity index (χ3n) is 5.88. The van der Waals surface area contributed by atoms with Crippen molar-refractivity contribution in [3.05, 3.63) is 42.0 Å². The first-order valence-corrected chi connectivity index (χ1v) is 13.1.